The van der Waals surface area contributed by atoms with Crippen LogP contribution in [0.2, 0.25) is 0 Å². The lowest BCUT2D eigenvalue weighted by Crippen LogP contribution is -2.27. The van der Waals surface area contributed by atoms with Crippen molar-refractivity contribution in [1.82, 2.24) is 20.5 Å². The molecule has 0 unspecified atom stereocenters. The number of anilines is 1. The van der Waals surface area contributed by atoms with Crippen LogP contribution in [-0.2, 0) is 4.79 Å². The van der Waals surface area contributed by atoms with Gasteiger partial charge in [-0.1, -0.05) is 17.7 Å². The number of aromatic amines is 1. The van der Waals surface area contributed by atoms with E-state index in [4.69, 9.17) is 0 Å². The van der Waals surface area contributed by atoms with E-state index in [-0.39, 0.29) is 24.8 Å². The maximum Gasteiger partial charge on any atom is 0.251 e. The molecule has 0 bridgehead atoms. The predicted octanol–water partition coefficient (Wildman–Crippen LogP) is 0.872. The highest BCUT2D eigenvalue weighted by molar-refractivity contribution is 5.95. The molecule has 0 aliphatic carbocycles. The number of benzene rings is 1. The van der Waals surface area contributed by atoms with Gasteiger partial charge in [0.05, 0.1) is 0 Å². The molecular formula is C13H15N5O2. The van der Waals surface area contributed by atoms with Crippen molar-refractivity contribution in [2.45, 2.75) is 13.3 Å². The summed E-state index contributed by atoms with van der Waals surface area (Å²) in [6, 6.07) is 7.27. The van der Waals surface area contributed by atoms with Crippen molar-refractivity contribution in [3.8, 4) is 0 Å². The second kappa shape index (κ2) is 6.46. The molecule has 104 valence electrons. The van der Waals surface area contributed by atoms with Crippen LogP contribution >= 0.6 is 0 Å². The highest BCUT2D eigenvalue weighted by atomic mass is 16.2. The summed E-state index contributed by atoms with van der Waals surface area (Å²) in [6.45, 7) is 2.17. The monoisotopic (exact) mass is 273 g/mol. The minimum atomic E-state index is -0.244. The number of aryl methyl sites for hydroxylation is 1. The molecule has 7 nitrogen and oxygen atoms in total. The molecule has 2 amide bonds. The van der Waals surface area contributed by atoms with E-state index >= 15 is 0 Å². The summed E-state index contributed by atoms with van der Waals surface area (Å²) in [5.74, 6) is -0.146. The van der Waals surface area contributed by atoms with Gasteiger partial charge in [-0.05, 0) is 19.1 Å². The summed E-state index contributed by atoms with van der Waals surface area (Å²) in [5, 5.41) is 11.3. The van der Waals surface area contributed by atoms with Crippen molar-refractivity contribution in [2.24, 2.45) is 0 Å². The second-order valence-corrected chi connectivity index (χ2v) is 4.26. The molecule has 0 atom stereocenters. The van der Waals surface area contributed by atoms with E-state index in [1.807, 2.05) is 19.1 Å². The van der Waals surface area contributed by atoms with Crippen molar-refractivity contribution in [3.05, 3.63) is 41.7 Å². The third kappa shape index (κ3) is 3.91. The maximum absolute atomic E-state index is 11.8. The van der Waals surface area contributed by atoms with Gasteiger partial charge in [-0.2, -0.15) is 10.1 Å². The number of nitrogens with one attached hydrogen (secondary N) is 3. The van der Waals surface area contributed by atoms with E-state index in [2.05, 4.69) is 25.8 Å². The Labute approximate surface area is 115 Å². The predicted molar refractivity (Wildman–Crippen MR) is 73.1 cm³/mol. The first kappa shape index (κ1) is 13.7. The van der Waals surface area contributed by atoms with E-state index in [1.165, 1.54) is 6.33 Å². The van der Waals surface area contributed by atoms with Crippen LogP contribution in [0, 0.1) is 6.92 Å². The van der Waals surface area contributed by atoms with E-state index in [0.29, 0.717) is 11.5 Å². The molecular weight excluding hydrogens is 258 g/mol. The Bertz CT molecular complexity index is 595. The minimum Gasteiger partial charge on any atom is -0.352 e. The van der Waals surface area contributed by atoms with Gasteiger partial charge in [0.25, 0.3) is 5.91 Å². The molecule has 0 saturated carbocycles. The van der Waals surface area contributed by atoms with Gasteiger partial charge in [0, 0.05) is 18.5 Å². The molecule has 1 heterocycles. The van der Waals surface area contributed by atoms with E-state index in [0.717, 1.165) is 5.56 Å². The van der Waals surface area contributed by atoms with E-state index in [1.54, 1.807) is 12.1 Å². The Balaban J connectivity index is 1.75. The normalized spacial score (nSPS) is 10.1. The first-order valence-corrected chi connectivity index (χ1v) is 6.15. The van der Waals surface area contributed by atoms with Crippen LogP contribution in [0.25, 0.3) is 0 Å². The fourth-order valence-corrected chi connectivity index (χ4v) is 1.64. The van der Waals surface area contributed by atoms with Gasteiger partial charge >= 0.3 is 0 Å². The fraction of sp³-hybridized carbons (Fsp3) is 0.231. The van der Waals surface area contributed by atoms with Crippen molar-refractivity contribution in [3.63, 3.8) is 0 Å². The molecule has 0 aliphatic heterocycles. The molecule has 1 aromatic carbocycles. The van der Waals surface area contributed by atoms with Gasteiger partial charge < -0.3 is 5.32 Å². The Morgan fingerprint density at radius 2 is 2.20 bits per heavy atom. The zero-order valence-corrected chi connectivity index (χ0v) is 11.0. The molecule has 2 aromatic rings. The lowest BCUT2D eigenvalue weighted by atomic mass is 10.1. The first-order valence-electron chi connectivity index (χ1n) is 6.15. The number of hydrogen-bond acceptors (Lipinski definition) is 4. The quantitative estimate of drug-likeness (QED) is 0.752. The van der Waals surface area contributed by atoms with E-state index in [9.17, 15) is 9.59 Å². The molecule has 2 rings (SSSR count). The van der Waals surface area contributed by atoms with Crippen LogP contribution in [0.5, 0.6) is 0 Å². The molecule has 0 radical (unpaired) electrons. The van der Waals surface area contributed by atoms with Gasteiger partial charge in [-0.25, -0.2) is 5.10 Å². The second-order valence-electron chi connectivity index (χ2n) is 4.26. The number of amides is 2. The smallest absolute Gasteiger partial charge is 0.251 e. The topological polar surface area (TPSA) is 99.8 Å². The largest absolute Gasteiger partial charge is 0.352 e. The molecule has 0 saturated heterocycles. The summed E-state index contributed by atoms with van der Waals surface area (Å²) in [6.07, 6.45) is 1.47. The number of H-pyrrole nitrogens is 1. The van der Waals surface area contributed by atoms with Gasteiger partial charge in [0.15, 0.2) is 0 Å². The highest BCUT2D eigenvalue weighted by Gasteiger charge is 2.07. The van der Waals surface area contributed by atoms with Gasteiger partial charge in [-0.3, -0.25) is 14.9 Å². The number of hydrogen-bond donors (Lipinski definition) is 3. The lowest BCUT2D eigenvalue weighted by Gasteiger charge is -2.05. The maximum atomic E-state index is 11.8. The fourth-order valence-electron chi connectivity index (χ4n) is 1.64. The summed E-state index contributed by atoms with van der Waals surface area (Å²) < 4.78 is 0. The van der Waals surface area contributed by atoms with Crippen LogP contribution in [0.15, 0.2) is 30.6 Å². The van der Waals surface area contributed by atoms with Crippen molar-refractivity contribution < 1.29 is 9.59 Å². The third-order valence-electron chi connectivity index (χ3n) is 2.59. The summed E-state index contributed by atoms with van der Waals surface area (Å²) >= 11 is 0. The minimum absolute atomic E-state index is 0.165. The van der Waals surface area contributed by atoms with Gasteiger partial charge in [-0.15, -0.1) is 0 Å². The van der Waals surface area contributed by atoms with Crippen molar-refractivity contribution >= 4 is 17.8 Å². The molecule has 1 aromatic heterocycles. The zero-order chi connectivity index (χ0) is 14.4. The Hall–Kier alpha value is -2.70. The number of aromatic nitrogens is 3. The van der Waals surface area contributed by atoms with Crippen molar-refractivity contribution in [1.29, 1.82) is 0 Å². The number of rotatable bonds is 5. The Morgan fingerprint density at radius 3 is 2.90 bits per heavy atom. The molecule has 0 spiro atoms. The number of carbonyl (C=O) groups excluding carboxylic acids is 2. The van der Waals surface area contributed by atoms with Gasteiger partial charge in [0.2, 0.25) is 11.9 Å². The third-order valence-corrected chi connectivity index (χ3v) is 2.59. The summed E-state index contributed by atoms with van der Waals surface area (Å²) in [7, 11) is 0. The molecule has 0 fully saturated rings. The lowest BCUT2D eigenvalue weighted by molar-refractivity contribution is -0.116. The summed E-state index contributed by atoms with van der Waals surface area (Å²) in [5.41, 5.74) is 1.60. The van der Waals surface area contributed by atoms with Crippen molar-refractivity contribution in [2.75, 3.05) is 11.9 Å². The molecule has 0 aliphatic rings. The highest BCUT2D eigenvalue weighted by Crippen LogP contribution is 2.03. The first-order chi connectivity index (χ1) is 9.65. The Morgan fingerprint density at radius 1 is 1.35 bits per heavy atom. The average molecular weight is 273 g/mol. The van der Waals surface area contributed by atoms with Crippen LogP contribution in [-0.4, -0.2) is 33.5 Å². The SMILES string of the molecule is Cc1cccc(C(=O)NCCC(=O)Nc2ncn[nH]2)c1. The standard InChI is InChI=1S/C13H15N5O2/c1-9-3-2-4-10(7-9)12(20)14-6-5-11(19)17-13-15-8-16-18-13/h2-4,7-8H,5-6H2,1H3,(H,14,20)(H2,15,16,17,18,19). The van der Waals surface area contributed by atoms with Gasteiger partial charge in [0.1, 0.15) is 6.33 Å². The zero-order valence-electron chi connectivity index (χ0n) is 11.0. The molecule has 3 N–H and O–H groups in total. The van der Waals surface area contributed by atoms with Crippen LogP contribution in [0.3, 0.4) is 0 Å². The average Bonchev–Trinajstić information content (AvgIpc) is 2.91. The van der Waals surface area contributed by atoms with E-state index < -0.39 is 0 Å². The Kier molecular flexibility index (Phi) is 4.43. The van der Waals surface area contributed by atoms with Crippen LogP contribution in [0.4, 0.5) is 5.95 Å². The van der Waals surface area contributed by atoms with Crippen LogP contribution < -0.4 is 10.6 Å². The molecule has 7 heteroatoms. The van der Waals surface area contributed by atoms with Crippen LogP contribution in [0.1, 0.15) is 22.3 Å². The number of carbonyl (C=O) groups is 2. The summed E-state index contributed by atoms with van der Waals surface area (Å²) in [4.78, 5) is 27.1. The molecule has 20 heavy (non-hydrogen) atoms. The number of nitrogens with zero attached hydrogens (tertiary/aromatic N) is 2.